The number of nitrogens with one attached hydrogen (secondary N) is 2. The number of hydrogen-bond donors (Lipinski definition) is 2. The molecule has 28 heavy (non-hydrogen) atoms. The van der Waals surface area contributed by atoms with Crippen LogP contribution in [0.2, 0.25) is 10.0 Å². The molecule has 4 rings (SSSR count). The molecule has 2 aromatic carbocycles. The summed E-state index contributed by atoms with van der Waals surface area (Å²) in [6, 6.07) is 8.81. The Morgan fingerprint density at radius 2 is 2.14 bits per heavy atom. The Bertz CT molecular complexity index is 1130. The minimum Gasteiger partial charge on any atom is -0.376 e. The zero-order valence-corrected chi connectivity index (χ0v) is 16.6. The molecule has 0 fully saturated rings. The van der Waals surface area contributed by atoms with Crippen LogP contribution in [-0.2, 0) is 11.2 Å². The number of aromatic nitrogens is 2. The summed E-state index contributed by atoms with van der Waals surface area (Å²) in [5.41, 5.74) is 2.57. The average Bonchev–Trinajstić information content (AvgIpc) is 2.66. The summed E-state index contributed by atoms with van der Waals surface area (Å²) in [6.07, 6.45) is 2.30. The standard InChI is InChI=1S/C20H18Cl2N4O2/c1-11-19-12(6-14(21)8-17(19)22)4-5-26(11)18(27)10-23-15-2-3-16-13(7-15)9-24-25-20(16)28/h2-3,6-9,11,23H,4-5,10H2,1H3,(H,25,28). The van der Waals surface area contributed by atoms with Crippen molar-refractivity contribution in [2.45, 2.75) is 19.4 Å². The van der Waals surface area contributed by atoms with E-state index in [-0.39, 0.29) is 24.1 Å². The van der Waals surface area contributed by atoms with Crippen molar-refractivity contribution in [3.63, 3.8) is 0 Å². The summed E-state index contributed by atoms with van der Waals surface area (Å²) in [4.78, 5) is 26.4. The van der Waals surface area contributed by atoms with Crippen LogP contribution < -0.4 is 10.9 Å². The Balaban J connectivity index is 1.49. The molecule has 1 aliphatic rings. The normalized spacial score (nSPS) is 16.1. The summed E-state index contributed by atoms with van der Waals surface area (Å²) < 4.78 is 0. The molecule has 1 amide bonds. The van der Waals surface area contributed by atoms with Gasteiger partial charge in [0.25, 0.3) is 5.56 Å². The molecule has 0 bridgehead atoms. The van der Waals surface area contributed by atoms with Gasteiger partial charge in [-0.1, -0.05) is 23.2 Å². The average molecular weight is 417 g/mol. The molecule has 6 nitrogen and oxygen atoms in total. The third-order valence-electron chi connectivity index (χ3n) is 5.12. The molecule has 1 atom stereocenters. The van der Waals surface area contributed by atoms with E-state index < -0.39 is 0 Å². The third-order valence-corrected chi connectivity index (χ3v) is 5.65. The van der Waals surface area contributed by atoms with Gasteiger partial charge in [0.15, 0.2) is 0 Å². The number of nitrogens with zero attached hydrogens (tertiary/aromatic N) is 2. The smallest absolute Gasteiger partial charge is 0.272 e. The fourth-order valence-corrected chi connectivity index (χ4v) is 4.42. The first-order valence-corrected chi connectivity index (χ1v) is 9.68. The summed E-state index contributed by atoms with van der Waals surface area (Å²) in [5, 5.41) is 11.8. The maximum atomic E-state index is 12.8. The summed E-state index contributed by atoms with van der Waals surface area (Å²) in [6.45, 7) is 2.74. The summed E-state index contributed by atoms with van der Waals surface area (Å²) in [7, 11) is 0. The van der Waals surface area contributed by atoms with E-state index in [9.17, 15) is 9.59 Å². The second-order valence-corrected chi connectivity index (χ2v) is 7.67. The van der Waals surface area contributed by atoms with Crippen LogP contribution in [0.25, 0.3) is 10.8 Å². The lowest BCUT2D eigenvalue weighted by atomic mass is 9.93. The first-order valence-electron chi connectivity index (χ1n) is 8.92. The quantitative estimate of drug-likeness (QED) is 0.680. The highest BCUT2D eigenvalue weighted by molar-refractivity contribution is 6.35. The highest BCUT2D eigenvalue weighted by Crippen LogP contribution is 2.36. The predicted molar refractivity (Wildman–Crippen MR) is 111 cm³/mol. The van der Waals surface area contributed by atoms with Gasteiger partial charge in [0, 0.05) is 27.7 Å². The zero-order chi connectivity index (χ0) is 19.8. The zero-order valence-electron chi connectivity index (χ0n) is 15.1. The van der Waals surface area contributed by atoms with Crippen molar-refractivity contribution in [2.75, 3.05) is 18.4 Å². The Morgan fingerprint density at radius 3 is 2.96 bits per heavy atom. The van der Waals surface area contributed by atoms with Crippen molar-refractivity contribution in [3.8, 4) is 0 Å². The van der Waals surface area contributed by atoms with Gasteiger partial charge in [-0.3, -0.25) is 9.59 Å². The van der Waals surface area contributed by atoms with Gasteiger partial charge in [-0.2, -0.15) is 5.10 Å². The Morgan fingerprint density at radius 1 is 1.32 bits per heavy atom. The predicted octanol–water partition coefficient (Wildman–Crippen LogP) is 3.79. The van der Waals surface area contributed by atoms with Crippen LogP contribution in [0.3, 0.4) is 0 Å². The number of carbonyl (C=O) groups excluding carboxylic acids is 1. The van der Waals surface area contributed by atoms with E-state index in [4.69, 9.17) is 23.2 Å². The van der Waals surface area contributed by atoms with E-state index in [2.05, 4.69) is 15.5 Å². The number of rotatable bonds is 3. The Labute approximate surface area is 171 Å². The van der Waals surface area contributed by atoms with Crippen molar-refractivity contribution < 1.29 is 4.79 Å². The molecule has 0 spiro atoms. The first kappa shape index (κ1) is 18.8. The van der Waals surface area contributed by atoms with E-state index >= 15 is 0 Å². The van der Waals surface area contributed by atoms with Gasteiger partial charge in [-0.25, -0.2) is 5.10 Å². The van der Waals surface area contributed by atoms with Gasteiger partial charge in [-0.15, -0.1) is 0 Å². The molecule has 1 aliphatic heterocycles. The second-order valence-electron chi connectivity index (χ2n) is 6.83. The molecule has 8 heteroatoms. The molecule has 3 aromatic rings. The van der Waals surface area contributed by atoms with Crippen LogP contribution in [0.1, 0.15) is 24.1 Å². The van der Waals surface area contributed by atoms with Crippen molar-refractivity contribution in [3.05, 3.63) is 68.1 Å². The van der Waals surface area contributed by atoms with Crippen LogP contribution in [0.15, 0.2) is 41.3 Å². The number of amides is 1. The molecule has 0 saturated heterocycles. The van der Waals surface area contributed by atoms with Gasteiger partial charge in [0.1, 0.15) is 0 Å². The number of carbonyl (C=O) groups is 1. The molecule has 0 saturated carbocycles. The van der Waals surface area contributed by atoms with Crippen molar-refractivity contribution in [1.29, 1.82) is 0 Å². The number of H-pyrrole nitrogens is 1. The number of anilines is 1. The molecule has 2 heterocycles. The van der Waals surface area contributed by atoms with Crippen molar-refractivity contribution >= 4 is 45.6 Å². The highest BCUT2D eigenvalue weighted by atomic mass is 35.5. The monoisotopic (exact) mass is 416 g/mol. The fourth-order valence-electron chi connectivity index (χ4n) is 3.73. The number of hydrogen-bond acceptors (Lipinski definition) is 4. The largest absolute Gasteiger partial charge is 0.376 e. The van der Waals surface area contributed by atoms with Gasteiger partial charge < -0.3 is 10.2 Å². The molecular weight excluding hydrogens is 399 g/mol. The number of benzene rings is 2. The molecule has 2 N–H and O–H groups in total. The number of fused-ring (bicyclic) bond motifs is 2. The van der Waals surface area contributed by atoms with Crippen molar-refractivity contribution in [2.24, 2.45) is 0 Å². The number of halogens is 2. The summed E-state index contributed by atoms with van der Waals surface area (Å²) >= 11 is 12.5. The van der Waals surface area contributed by atoms with E-state index in [1.54, 1.807) is 30.5 Å². The minimum atomic E-state index is -0.238. The lowest BCUT2D eigenvalue weighted by Gasteiger charge is -2.36. The highest BCUT2D eigenvalue weighted by Gasteiger charge is 2.29. The number of aromatic amines is 1. The topological polar surface area (TPSA) is 78.1 Å². The van der Waals surface area contributed by atoms with Crippen LogP contribution >= 0.6 is 23.2 Å². The lowest BCUT2D eigenvalue weighted by Crippen LogP contribution is -2.41. The molecule has 144 valence electrons. The van der Waals surface area contributed by atoms with Crippen molar-refractivity contribution in [1.82, 2.24) is 15.1 Å². The van der Waals surface area contributed by atoms with E-state index in [0.717, 1.165) is 23.2 Å². The van der Waals surface area contributed by atoms with E-state index in [1.165, 1.54) is 0 Å². The Kier molecular flexibility index (Phi) is 5.00. The van der Waals surface area contributed by atoms with Crippen LogP contribution in [0, 0.1) is 0 Å². The van der Waals surface area contributed by atoms with E-state index in [0.29, 0.717) is 27.4 Å². The van der Waals surface area contributed by atoms with Gasteiger partial charge in [0.2, 0.25) is 5.91 Å². The fraction of sp³-hybridized carbons (Fsp3) is 0.250. The van der Waals surface area contributed by atoms with E-state index in [1.807, 2.05) is 17.9 Å². The molecule has 1 aromatic heterocycles. The third kappa shape index (κ3) is 3.45. The summed E-state index contributed by atoms with van der Waals surface area (Å²) in [5.74, 6) is -0.0201. The SMILES string of the molecule is CC1c2c(Cl)cc(Cl)cc2CCN1C(=O)CNc1ccc2c(=O)[nH]ncc2c1. The maximum Gasteiger partial charge on any atom is 0.272 e. The van der Waals surface area contributed by atoms with Crippen LogP contribution in [-0.4, -0.2) is 34.1 Å². The maximum absolute atomic E-state index is 12.8. The first-order chi connectivity index (χ1) is 13.4. The van der Waals surface area contributed by atoms with Gasteiger partial charge in [0.05, 0.1) is 24.2 Å². The molecule has 1 unspecified atom stereocenters. The van der Waals surface area contributed by atoms with Crippen LogP contribution in [0.5, 0.6) is 0 Å². The minimum absolute atomic E-state index is 0.0201. The molecular formula is C20H18Cl2N4O2. The Hall–Kier alpha value is -2.57. The van der Waals surface area contributed by atoms with Gasteiger partial charge >= 0.3 is 0 Å². The van der Waals surface area contributed by atoms with Gasteiger partial charge in [-0.05, 0) is 54.8 Å². The van der Waals surface area contributed by atoms with Crippen LogP contribution in [0.4, 0.5) is 5.69 Å². The second kappa shape index (κ2) is 7.45. The lowest BCUT2D eigenvalue weighted by molar-refractivity contribution is -0.131. The molecule has 0 aliphatic carbocycles. The molecule has 0 radical (unpaired) electrons.